The van der Waals surface area contributed by atoms with Crippen LogP contribution in [0.2, 0.25) is 0 Å². The molecule has 2 heterocycles. The molecule has 0 saturated carbocycles. The minimum Gasteiger partial charge on any atom is -0.496 e. The van der Waals surface area contributed by atoms with Gasteiger partial charge >= 0.3 is 0 Å². The number of rotatable bonds is 7. The summed E-state index contributed by atoms with van der Waals surface area (Å²) >= 11 is 0. The molecular formula is C18H23NO3. The Labute approximate surface area is 131 Å². The van der Waals surface area contributed by atoms with Crippen LogP contribution in [0.15, 0.2) is 47.3 Å². The van der Waals surface area contributed by atoms with Gasteiger partial charge in [-0.15, -0.1) is 0 Å². The normalized spacial score (nSPS) is 18.0. The molecule has 118 valence electrons. The number of ether oxygens (including phenoxy) is 2. The molecule has 1 fully saturated rings. The summed E-state index contributed by atoms with van der Waals surface area (Å²) in [6, 6.07) is 10.2. The van der Waals surface area contributed by atoms with Gasteiger partial charge in [0.15, 0.2) is 0 Å². The first kappa shape index (κ1) is 15.1. The summed E-state index contributed by atoms with van der Waals surface area (Å²) in [5, 5.41) is 0. The smallest absolute Gasteiger partial charge is 0.123 e. The minimum absolute atomic E-state index is 0.335. The molecule has 1 saturated heterocycles. The zero-order valence-electron chi connectivity index (χ0n) is 13.0. The van der Waals surface area contributed by atoms with Crippen molar-refractivity contribution >= 4 is 0 Å². The molecule has 2 aromatic rings. The van der Waals surface area contributed by atoms with Gasteiger partial charge in [-0.3, -0.25) is 4.90 Å². The molecule has 0 radical (unpaired) electrons. The van der Waals surface area contributed by atoms with Crippen molar-refractivity contribution in [2.45, 2.75) is 32.0 Å². The standard InChI is InChI=1S/C18H23NO3/c1-20-18-7-3-2-5-16(18)12-19(11-15-8-10-21-14-15)13-17-6-4-9-22-17/h2-3,5,7-8,10,14,17H,4,6,9,11-13H2,1H3/t17-/m0/s1. The number of methoxy groups -OCH3 is 1. The second kappa shape index (κ2) is 7.47. The molecule has 4 nitrogen and oxygen atoms in total. The average Bonchev–Trinajstić information content (AvgIpc) is 3.21. The van der Waals surface area contributed by atoms with Gasteiger partial charge in [0.2, 0.25) is 0 Å². The van der Waals surface area contributed by atoms with E-state index in [1.807, 2.05) is 24.5 Å². The molecule has 0 amide bonds. The van der Waals surface area contributed by atoms with Crippen LogP contribution in [0.3, 0.4) is 0 Å². The summed E-state index contributed by atoms with van der Waals surface area (Å²) in [6.07, 6.45) is 6.18. The van der Waals surface area contributed by atoms with Crippen molar-refractivity contribution in [3.8, 4) is 5.75 Å². The maximum Gasteiger partial charge on any atom is 0.123 e. The average molecular weight is 301 g/mol. The Morgan fingerprint density at radius 2 is 2.14 bits per heavy atom. The lowest BCUT2D eigenvalue weighted by Gasteiger charge is -2.25. The molecule has 1 aromatic carbocycles. The highest BCUT2D eigenvalue weighted by Gasteiger charge is 2.20. The third-order valence-electron chi connectivity index (χ3n) is 4.06. The van der Waals surface area contributed by atoms with Crippen LogP contribution < -0.4 is 4.74 Å². The van der Waals surface area contributed by atoms with Gasteiger partial charge in [-0.1, -0.05) is 18.2 Å². The van der Waals surface area contributed by atoms with E-state index in [4.69, 9.17) is 13.9 Å². The molecule has 4 heteroatoms. The van der Waals surface area contributed by atoms with Crippen molar-refractivity contribution in [3.63, 3.8) is 0 Å². The van der Waals surface area contributed by atoms with Gasteiger partial charge in [0.05, 0.1) is 25.7 Å². The quantitative estimate of drug-likeness (QED) is 0.784. The van der Waals surface area contributed by atoms with Crippen molar-refractivity contribution in [3.05, 3.63) is 54.0 Å². The van der Waals surface area contributed by atoms with Crippen LogP contribution in [0.5, 0.6) is 5.75 Å². The molecular weight excluding hydrogens is 278 g/mol. The van der Waals surface area contributed by atoms with Crippen LogP contribution in [0.1, 0.15) is 24.0 Å². The lowest BCUT2D eigenvalue weighted by Crippen LogP contribution is -2.31. The summed E-state index contributed by atoms with van der Waals surface area (Å²) in [7, 11) is 1.72. The number of para-hydroxylation sites is 1. The molecule has 1 atom stereocenters. The molecule has 0 aliphatic carbocycles. The number of hydrogen-bond acceptors (Lipinski definition) is 4. The highest BCUT2D eigenvalue weighted by atomic mass is 16.5. The lowest BCUT2D eigenvalue weighted by atomic mass is 10.1. The van der Waals surface area contributed by atoms with Crippen molar-refractivity contribution < 1.29 is 13.9 Å². The summed E-state index contributed by atoms with van der Waals surface area (Å²) in [4.78, 5) is 2.40. The molecule has 1 aliphatic heterocycles. The second-order valence-corrected chi connectivity index (χ2v) is 5.75. The summed E-state index contributed by atoms with van der Waals surface area (Å²) in [5.74, 6) is 0.937. The summed E-state index contributed by atoms with van der Waals surface area (Å²) in [5.41, 5.74) is 2.39. The number of furan rings is 1. The number of nitrogens with zero attached hydrogens (tertiary/aromatic N) is 1. The third-order valence-corrected chi connectivity index (χ3v) is 4.06. The number of hydrogen-bond donors (Lipinski definition) is 0. The lowest BCUT2D eigenvalue weighted by molar-refractivity contribution is 0.0675. The largest absolute Gasteiger partial charge is 0.496 e. The Morgan fingerprint density at radius 3 is 2.86 bits per heavy atom. The van der Waals surface area contributed by atoms with Gasteiger partial charge in [-0.05, 0) is 25.0 Å². The van der Waals surface area contributed by atoms with Gasteiger partial charge in [0, 0.05) is 37.4 Å². The van der Waals surface area contributed by atoms with Crippen LogP contribution >= 0.6 is 0 Å². The Bertz CT molecular complexity index is 561. The van der Waals surface area contributed by atoms with E-state index in [1.165, 1.54) is 17.5 Å². The van der Waals surface area contributed by atoms with E-state index in [9.17, 15) is 0 Å². The molecule has 1 aliphatic rings. The monoisotopic (exact) mass is 301 g/mol. The van der Waals surface area contributed by atoms with Crippen molar-refractivity contribution in [2.75, 3.05) is 20.3 Å². The van der Waals surface area contributed by atoms with Crippen LogP contribution in [-0.4, -0.2) is 31.3 Å². The van der Waals surface area contributed by atoms with E-state index in [2.05, 4.69) is 17.0 Å². The molecule has 0 N–H and O–H groups in total. The first-order chi connectivity index (χ1) is 10.8. The van der Waals surface area contributed by atoms with E-state index in [0.29, 0.717) is 6.10 Å². The maximum absolute atomic E-state index is 5.80. The third kappa shape index (κ3) is 3.90. The van der Waals surface area contributed by atoms with E-state index < -0.39 is 0 Å². The first-order valence-corrected chi connectivity index (χ1v) is 7.82. The summed E-state index contributed by atoms with van der Waals surface area (Å²) < 4.78 is 16.5. The van der Waals surface area contributed by atoms with Gasteiger partial charge < -0.3 is 13.9 Å². The van der Waals surface area contributed by atoms with E-state index in [0.717, 1.165) is 38.4 Å². The number of benzene rings is 1. The Kier molecular flexibility index (Phi) is 5.14. The highest BCUT2D eigenvalue weighted by molar-refractivity contribution is 5.33. The predicted octanol–water partition coefficient (Wildman–Crippen LogP) is 3.47. The van der Waals surface area contributed by atoms with Gasteiger partial charge in [0.1, 0.15) is 5.75 Å². The molecule has 1 aromatic heterocycles. The zero-order chi connectivity index (χ0) is 15.2. The van der Waals surface area contributed by atoms with E-state index in [-0.39, 0.29) is 0 Å². The molecule has 22 heavy (non-hydrogen) atoms. The van der Waals surface area contributed by atoms with Crippen LogP contribution in [-0.2, 0) is 17.8 Å². The van der Waals surface area contributed by atoms with E-state index >= 15 is 0 Å². The van der Waals surface area contributed by atoms with E-state index in [1.54, 1.807) is 13.4 Å². The Balaban J connectivity index is 1.71. The van der Waals surface area contributed by atoms with Crippen LogP contribution in [0.4, 0.5) is 0 Å². The molecule has 3 rings (SSSR count). The second-order valence-electron chi connectivity index (χ2n) is 5.75. The molecule has 0 unspecified atom stereocenters. The topological polar surface area (TPSA) is 34.8 Å². The zero-order valence-corrected chi connectivity index (χ0v) is 13.0. The molecule has 0 bridgehead atoms. The predicted molar refractivity (Wildman–Crippen MR) is 84.8 cm³/mol. The highest BCUT2D eigenvalue weighted by Crippen LogP contribution is 2.22. The fraction of sp³-hybridized carbons (Fsp3) is 0.444. The maximum atomic E-state index is 5.80. The van der Waals surface area contributed by atoms with Crippen molar-refractivity contribution in [2.24, 2.45) is 0 Å². The van der Waals surface area contributed by atoms with Gasteiger partial charge in [-0.25, -0.2) is 0 Å². The fourth-order valence-corrected chi connectivity index (χ4v) is 2.98. The SMILES string of the molecule is COc1ccccc1CN(Cc1ccoc1)C[C@@H]1CCCO1. The Hall–Kier alpha value is -1.78. The summed E-state index contributed by atoms with van der Waals surface area (Å²) in [6.45, 7) is 3.52. The van der Waals surface area contributed by atoms with Crippen molar-refractivity contribution in [1.82, 2.24) is 4.90 Å². The van der Waals surface area contributed by atoms with Gasteiger partial charge in [-0.2, -0.15) is 0 Å². The van der Waals surface area contributed by atoms with Crippen molar-refractivity contribution in [1.29, 1.82) is 0 Å². The fourth-order valence-electron chi connectivity index (χ4n) is 2.98. The minimum atomic E-state index is 0.335. The molecule has 0 spiro atoms. The Morgan fingerprint density at radius 1 is 1.23 bits per heavy atom. The van der Waals surface area contributed by atoms with Crippen LogP contribution in [0, 0.1) is 0 Å². The van der Waals surface area contributed by atoms with Crippen LogP contribution in [0.25, 0.3) is 0 Å². The first-order valence-electron chi connectivity index (χ1n) is 7.82. The van der Waals surface area contributed by atoms with Gasteiger partial charge in [0.25, 0.3) is 0 Å².